The number of hydrogen-bond acceptors (Lipinski definition) is 3. The summed E-state index contributed by atoms with van der Waals surface area (Å²) in [4.78, 5) is 33.9. The third-order valence-corrected chi connectivity index (χ3v) is 6.62. The Hall–Kier alpha value is -3.47. The van der Waals surface area contributed by atoms with Gasteiger partial charge in [0.25, 0.3) is 0 Å². The molecule has 1 aromatic heterocycles. The zero-order valence-electron chi connectivity index (χ0n) is 19.4. The average Bonchev–Trinajstić information content (AvgIpc) is 2.85. The molecule has 0 aliphatic carbocycles. The van der Waals surface area contributed by atoms with E-state index in [0.717, 1.165) is 22.3 Å². The van der Waals surface area contributed by atoms with Crippen molar-refractivity contribution in [1.82, 2.24) is 14.8 Å². The Bertz CT molecular complexity index is 1070. The average molecular weight is 442 g/mol. The molecule has 1 fully saturated rings. The van der Waals surface area contributed by atoms with Gasteiger partial charge in [-0.25, -0.2) is 0 Å². The van der Waals surface area contributed by atoms with Crippen LogP contribution in [-0.4, -0.2) is 53.8 Å². The van der Waals surface area contributed by atoms with Gasteiger partial charge >= 0.3 is 0 Å². The van der Waals surface area contributed by atoms with E-state index in [1.54, 1.807) is 11.1 Å². The van der Waals surface area contributed by atoms with Crippen molar-refractivity contribution < 1.29 is 9.59 Å². The fourth-order valence-electron chi connectivity index (χ4n) is 4.75. The van der Waals surface area contributed by atoms with Gasteiger partial charge in [-0.3, -0.25) is 14.6 Å². The molecular weight excluding hydrogens is 410 g/mol. The molecule has 0 bridgehead atoms. The first kappa shape index (κ1) is 22.7. The Morgan fingerprint density at radius 2 is 1.58 bits per heavy atom. The van der Waals surface area contributed by atoms with Crippen LogP contribution >= 0.6 is 0 Å². The molecule has 33 heavy (non-hydrogen) atoms. The van der Waals surface area contributed by atoms with Gasteiger partial charge in [0.05, 0.1) is 11.8 Å². The number of piperidine rings is 1. The zero-order valence-corrected chi connectivity index (χ0v) is 19.4. The fourth-order valence-corrected chi connectivity index (χ4v) is 4.75. The number of likely N-dealkylation sites (tertiary alicyclic amines) is 1. The highest BCUT2D eigenvalue weighted by molar-refractivity contribution is 5.84. The second-order valence-electron chi connectivity index (χ2n) is 9.14. The van der Waals surface area contributed by atoms with E-state index in [0.29, 0.717) is 38.8 Å². The van der Waals surface area contributed by atoms with Crippen molar-refractivity contribution in [2.75, 3.05) is 27.2 Å². The van der Waals surface area contributed by atoms with Crippen molar-refractivity contribution in [3.8, 4) is 11.1 Å². The highest BCUT2D eigenvalue weighted by Crippen LogP contribution is 2.37. The summed E-state index contributed by atoms with van der Waals surface area (Å²) < 4.78 is 0. The molecule has 4 rings (SSSR count). The number of amides is 2. The molecular formula is C28H31N3O2. The third-order valence-electron chi connectivity index (χ3n) is 6.62. The molecule has 0 atom stereocenters. The van der Waals surface area contributed by atoms with Crippen LogP contribution in [0.1, 0.15) is 24.0 Å². The molecule has 5 heteroatoms. The normalized spacial score (nSPS) is 15.2. The summed E-state index contributed by atoms with van der Waals surface area (Å²) in [6, 6.07) is 22.2. The van der Waals surface area contributed by atoms with Gasteiger partial charge in [-0.1, -0.05) is 60.7 Å². The molecule has 0 radical (unpaired) electrons. The lowest BCUT2D eigenvalue weighted by atomic mass is 9.72. The van der Waals surface area contributed by atoms with Crippen LogP contribution in [0, 0.1) is 5.41 Å². The quantitative estimate of drug-likeness (QED) is 0.575. The lowest BCUT2D eigenvalue weighted by molar-refractivity contribution is -0.146. The Morgan fingerprint density at radius 1 is 0.879 bits per heavy atom. The summed E-state index contributed by atoms with van der Waals surface area (Å²) in [5, 5.41) is 0. The number of carbonyl (C=O) groups excluding carboxylic acids is 2. The lowest BCUT2D eigenvalue weighted by Gasteiger charge is -2.42. The van der Waals surface area contributed by atoms with Gasteiger partial charge in [-0.2, -0.15) is 0 Å². The molecule has 2 amide bonds. The third kappa shape index (κ3) is 5.30. The summed E-state index contributed by atoms with van der Waals surface area (Å²) in [7, 11) is 3.64. The van der Waals surface area contributed by atoms with Crippen molar-refractivity contribution >= 4 is 11.8 Å². The first-order valence-electron chi connectivity index (χ1n) is 11.5. The van der Waals surface area contributed by atoms with Crippen LogP contribution in [0.5, 0.6) is 0 Å². The van der Waals surface area contributed by atoms with Crippen molar-refractivity contribution in [3.05, 3.63) is 90.3 Å². The summed E-state index contributed by atoms with van der Waals surface area (Å²) in [5.41, 5.74) is 3.87. The van der Waals surface area contributed by atoms with Crippen molar-refractivity contribution in [2.45, 2.75) is 25.7 Å². The van der Waals surface area contributed by atoms with Crippen LogP contribution in [0.3, 0.4) is 0 Å². The molecule has 2 aromatic carbocycles. The highest BCUT2D eigenvalue weighted by Gasteiger charge is 2.43. The van der Waals surface area contributed by atoms with E-state index in [-0.39, 0.29) is 11.8 Å². The van der Waals surface area contributed by atoms with E-state index >= 15 is 0 Å². The predicted octanol–water partition coefficient (Wildman–Crippen LogP) is 4.23. The van der Waals surface area contributed by atoms with Crippen LogP contribution in [0.25, 0.3) is 11.1 Å². The number of pyridine rings is 1. The number of aromatic nitrogens is 1. The molecule has 0 unspecified atom stereocenters. The van der Waals surface area contributed by atoms with Gasteiger partial charge in [0.1, 0.15) is 0 Å². The highest BCUT2D eigenvalue weighted by atomic mass is 16.2. The van der Waals surface area contributed by atoms with Crippen LogP contribution in [0.15, 0.2) is 79.1 Å². The van der Waals surface area contributed by atoms with Crippen molar-refractivity contribution in [1.29, 1.82) is 0 Å². The van der Waals surface area contributed by atoms with E-state index < -0.39 is 5.41 Å². The van der Waals surface area contributed by atoms with Gasteiger partial charge in [0.2, 0.25) is 11.8 Å². The Labute approximate surface area is 196 Å². The minimum atomic E-state index is -0.483. The summed E-state index contributed by atoms with van der Waals surface area (Å²) in [6.45, 7) is 1.22. The first-order chi connectivity index (χ1) is 16.0. The number of rotatable bonds is 6. The topological polar surface area (TPSA) is 53.5 Å². The summed E-state index contributed by atoms with van der Waals surface area (Å²) in [5.74, 6) is 0.280. The molecule has 2 heterocycles. The molecule has 1 aliphatic heterocycles. The lowest BCUT2D eigenvalue weighted by Crippen LogP contribution is -2.51. The maximum atomic E-state index is 13.3. The van der Waals surface area contributed by atoms with Crippen molar-refractivity contribution in [2.24, 2.45) is 5.41 Å². The standard InChI is InChI=1S/C28H31N3O2/c1-30(2)27(33)28(20-23-10-12-24(13-11-23)25-9-6-16-29-21-25)14-17-31(18-15-28)26(32)19-22-7-4-3-5-8-22/h3-13,16,21H,14-15,17-20H2,1-2H3. The molecule has 1 saturated heterocycles. The van der Waals surface area contributed by atoms with Crippen LogP contribution in [0.4, 0.5) is 0 Å². The van der Waals surface area contributed by atoms with Gasteiger partial charge < -0.3 is 9.80 Å². The number of hydrogen-bond donors (Lipinski definition) is 0. The van der Waals surface area contributed by atoms with Crippen LogP contribution in [0.2, 0.25) is 0 Å². The molecule has 3 aromatic rings. The largest absolute Gasteiger partial charge is 0.348 e. The monoisotopic (exact) mass is 441 g/mol. The number of benzene rings is 2. The second-order valence-corrected chi connectivity index (χ2v) is 9.14. The molecule has 5 nitrogen and oxygen atoms in total. The van der Waals surface area contributed by atoms with Crippen LogP contribution in [-0.2, 0) is 22.4 Å². The molecule has 0 spiro atoms. The van der Waals surface area contributed by atoms with E-state index in [1.807, 2.05) is 67.7 Å². The second kappa shape index (κ2) is 9.99. The minimum Gasteiger partial charge on any atom is -0.348 e. The maximum Gasteiger partial charge on any atom is 0.228 e. The van der Waals surface area contributed by atoms with Gasteiger partial charge in [0, 0.05) is 39.6 Å². The Kier molecular flexibility index (Phi) is 6.87. The summed E-state index contributed by atoms with van der Waals surface area (Å²) in [6.07, 6.45) is 6.06. The van der Waals surface area contributed by atoms with E-state index in [2.05, 4.69) is 29.2 Å². The minimum absolute atomic E-state index is 0.132. The molecule has 0 saturated carbocycles. The van der Waals surface area contributed by atoms with E-state index in [1.165, 1.54) is 0 Å². The number of carbonyl (C=O) groups is 2. The smallest absolute Gasteiger partial charge is 0.228 e. The zero-order chi connectivity index (χ0) is 23.3. The Morgan fingerprint density at radius 3 is 2.18 bits per heavy atom. The first-order valence-corrected chi connectivity index (χ1v) is 11.5. The van der Waals surface area contributed by atoms with Crippen LogP contribution < -0.4 is 0 Å². The fraction of sp³-hybridized carbons (Fsp3) is 0.321. The maximum absolute atomic E-state index is 13.3. The van der Waals surface area contributed by atoms with Crippen molar-refractivity contribution in [3.63, 3.8) is 0 Å². The van der Waals surface area contributed by atoms with E-state index in [4.69, 9.17) is 0 Å². The Balaban J connectivity index is 1.46. The molecule has 0 N–H and O–H groups in total. The predicted molar refractivity (Wildman–Crippen MR) is 130 cm³/mol. The molecule has 1 aliphatic rings. The summed E-state index contributed by atoms with van der Waals surface area (Å²) >= 11 is 0. The molecule has 170 valence electrons. The van der Waals surface area contributed by atoms with Gasteiger partial charge in [-0.15, -0.1) is 0 Å². The van der Waals surface area contributed by atoms with E-state index in [9.17, 15) is 9.59 Å². The van der Waals surface area contributed by atoms with Gasteiger partial charge in [0.15, 0.2) is 0 Å². The van der Waals surface area contributed by atoms with Gasteiger partial charge in [-0.05, 0) is 47.6 Å². The number of nitrogens with zero attached hydrogens (tertiary/aromatic N) is 3. The SMILES string of the molecule is CN(C)C(=O)C1(Cc2ccc(-c3cccnc3)cc2)CCN(C(=O)Cc2ccccc2)CC1.